The van der Waals surface area contributed by atoms with Gasteiger partial charge in [0, 0.05) is 16.6 Å². The van der Waals surface area contributed by atoms with Crippen LogP contribution in [0.4, 0.5) is 11.4 Å². The summed E-state index contributed by atoms with van der Waals surface area (Å²) < 4.78 is 6.48. The highest BCUT2D eigenvalue weighted by Gasteiger charge is 2.04. The highest BCUT2D eigenvalue weighted by molar-refractivity contribution is 9.10. The Bertz CT molecular complexity index is 617. The van der Waals surface area contributed by atoms with Crippen LogP contribution in [0, 0.1) is 0 Å². The summed E-state index contributed by atoms with van der Waals surface area (Å²) in [5.74, 6) is 0.627. The van der Waals surface area contributed by atoms with Crippen LogP contribution < -0.4 is 15.8 Å². The Labute approximate surface area is 132 Å². The van der Waals surface area contributed by atoms with Gasteiger partial charge in [-0.15, -0.1) is 0 Å². The van der Waals surface area contributed by atoms with Crippen molar-refractivity contribution in [1.29, 1.82) is 0 Å². The minimum Gasteiger partial charge on any atom is -0.491 e. The van der Waals surface area contributed by atoms with Crippen molar-refractivity contribution in [1.82, 2.24) is 0 Å². The molecule has 5 heteroatoms. The van der Waals surface area contributed by atoms with E-state index < -0.39 is 0 Å². The Morgan fingerprint density at radius 1 is 1.19 bits per heavy atom. The second-order valence-electron chi connectivity index (χ2n) is 4.55. The summed E-state index contributed by atoms with van der Waals surface area (Å²) in [6.07, 6.45) is 1.04. The van der Waals surface area contributed by atoms with Gasteiger partial charge in [-0.25, -0.2) is 0 Å². The summed E-state index contributed by atoms with van der Waals surface area (Å²) in [5.41, 5.74) is 7.16. The van der Waals surface area contributed by atoms with E-state index in [1.54, 1.807) is 6.07 Å². The highest BCUT2D eigenvalue weighted by atomic mass is 79.9. The number of halogens is 1. The second kappa shape index (κ2) is 7.69. The fourth-order valence-electron chi connectivity index (χ4n) is 1.82. The normalized spacial score (nSPS) is 10.1. The number of hydrogen-bond acceptors (Lipinski definition) is 3. The lowest BCUT2D eigenvalue weighted by Crippen LogP contribution is -2.12. The van der Waals surface area contributed by atoms with Gasteiger partial charge in [-0.1, -0.05) is 34.1 Å². The molecule has 0 radical (unpaired) electrons. The molecule has 0 aliphatic carbocycles. The molecule has 0 spiro atoms. The largest absolute Gasteiger partial charge is 0.491 e. The predicted molar refractivity (Wildman–Crippen MR) is 88.4 cm³/mol. The van der Waals surface area contributed by atoms with Crippen LogP contribution in [0.15, 0.2) is 53.0 Å². The molecule has 110 valence electrons. The molecule has 0 bridgehead atoms. The van der Waals surface area contributed by atoms with Crippen LogP contribution in [-0.4, -0.2) is 12.5 Å². The van der Waals surface area contributed by atoms with Crippen molar-refractivity contribution in [2.75, 3.05) is 17.7 Å². The van der Waals surface area contributed by atoms with Crippen molar-refractivity contribution in [2.24, 2.45) is 0 Å². The molecule has 2 rings (SSSR count). The lowest BCUT2D eigenvalue weighted by Gasteiger charge is -2.09. The lowest BCUT2D eigenvalue weighted by atomic mass is 10.2. The van der Waals surface area contributed by atoms with E-state index >= 15 is 0 Å². The van der Waals surface area contributed by atoms with E-state index in [2.05, 4.69) is 21.2 Å². The van der Waals surface area contributed by atoms with Crippen LogP contribution in [0.1, 0.15) is 12.8 Å². The van der Waals surface area contributed by atoms with Gasteiger partial charge in [-0.3, -0.25) is 4.79 Å². The molecule has 21 heavy (non-hydrogen) atoms. The third-order valence-electron chi connectivity index (χ3n) is 2.83. The summed E-state index contributed by atoms with van der Waals surface area (Å²) in [6, 6.07) is 14.8. The Hall–Kier alpha value is -2.01. The van der Waals surface area contributed by atoms with Crippen LogP contribution in [0.25, 0.3) is 0 Å². The molecule has 0 unspecified atom stereocenters. The number of hydrogen-bond donors (Lipinski definition) is 2. The quantitative estimate of drug-likeness (QED) is 0.615. The zero-order chi connectivity index (χ0) is 15.1. The average Bonchev–Trinajstić information content (AvgIpc) is 2.45. The van der Waals surface area contributed by atoms with Crippen molar-refractivity contribution in [3.8, 4) is 5.75 Å². The van der Waals surface area contributed by atoms with Gasteiger partial charge in [0.2, 0.25) is 5.91 Å². The smallest absolute Gasteiger partial charge is 0.224 e. The Morgan fingerprint density at radius 3 is 2.76 bits per heavy atom. The van der Waals surface area contributed by atoms with Gasteiger partial charge in [0.05, 0.1) is 12.3 Å². The number of ether oxygens (including phenoxy) is 1. The number of amides is 1. The SMILES string of the molecule is Nc1ccccc1OCCCC(=O)Nc1cccc(Br)c1. The number of rotatable bonds is 6. The van der Waals surface area contributed by atoms with Gasteiger partial charge in [-0.2, -0.15) is 0 Å². The van der Waals surface area contributed by atoms with Crippen LogP contribution in [0.2, 0.25) is 0 Å². The third-order valence-corrected chi connectivity index (χ3v) is 3.33. The van der Waals surface area contributed by atoms with Gasteiger partial charge < -0.3 is 15.8 Å². The maximum absolute atomic E-state index is 11.8. The maximum atomic E-state index is 11.8. The molecule has 0 aliphatic heterocycles. The first-order chi connectivity index (χ1) is 10.1. The molecule has 0 heterocycles. The van der Waals surface area contributed by atoms with Crippen molar-refractivity contribution in [2.45, 2.75) is 12.8 Å². The minimum atomic E-state index is -0.0299. The average molecular weight is 349 g/mol. The molecule has 0 saturated heterocycles. The van der Waals surface area contributed by atoms with Crippen molar-refractivity contribution >= 4 is 33.2 Å². The number of nitrogens with one attached hydrogen (secondary N) is 1. The number of para-hydroxylation sites is 2. The number of carbonyl (C=O) groups excluding carboxylic acids is 1. The summed E-state index contributed by atoms with van der Waals surface area (Å²) in [7, 11) is 0. The van der Waals surface area contributed by atoms with Crippen LogP contribution in [-0.2, 0) is 4.79 Å². The van der Waals surface area contributed by atoms with E-state index in [0.29, 0.717) is 30.9 Å². The third kappa shape index (κ3) is 5.11. The predicted octanol–water partition coefficient (Wildman–Crippen LogP) is 3.83. The van der Waals surface area contributed by atoms with E-state index in [4.69, 9.17) is 10.5 Å². The monoisotopic (exact) mass is 348 g/mol. The molecule has 0 atom stereocenters. The maximum Gasteiger partial charge on any atom is 0.224 e. The van der Waals surface area contributed by atoms with Crippen LogP contribution in [0.5, 0.6) is 5.75 Å². The first kappa shape index (κ1) is 15.4. The fraction of sp³-hybridized carbons (Fsp3) is 0.188. The topological polar surface area (TPSA) is 64.3 Å². The van der Waals surface area contributed by atoms with E-state index in [1.807, 2.05) is 42.5 Å². The van der Waals surface area contributed by atoms with Crippen LogP contribution >= 0.6 is 15.9 Å². The van der Waals surface area contributed by atoms with Crippen molar-refractivity contribution in [3.63, 3.8) is 0 Å². The first-order valence-corrected chi connectivity index (χ1v) is 7.47. The molecule has 0 saturated carbocycles. The molecule has 2 aromatic rings. The molecule has 0 aliphatic rings. The van der Waals surface area contributed by atoms with Gasteiger partial charge in [-0.05, 0) is 36.8 Å². The van der Waals surface area contributed by atoms with E-state index in [1.165, 1.54) is 0 Å². The summed E-state index contributed by atoms with van der Waals surface area (Å²) in [5, 5.41) is 2.84. The van der Waals surface area contributed by atoms with Crippen molar-refractivity contribution < 1.29 is 9.53 Å². The number of nitrogens with two attached hydrogens (primary N) is 1. The zero-order valence-electron chi connectivity index (χ0n) is 11.5. The Kier molecular flexibility index (Phi) is 5.63. The van der Waals surface area contributed by atoms with Crippen molar-refractivity contribution in [3.05, 3.63) is 53.0 Å². The van der Waals surface area contributed by atoms with E-state index in [9.17, 15) is 4.79 Å². The molecule has 1 amide bonds. The fourth-order valence-corrected chi connectivity index (χ4v) is 2.22. The lowest BCUT2D eigenvalue weighted by molar-refractivity contribution is -0.116. The molecular weight excluding hydrogens is 332 g/mol. The van der Waals surface area contributed by atoms with Gasteiger partial charge in [0.1, 0.15) is 5.75 Å². The van der Waals surface area contributed by atoms with E-state index in [0.717, 1.165) is 10.2 Å². The zero-order valence-corrected chi connectivity index (χ0v) is 13.1. The van der Waals surface area contributed by atoms with E-state index in [-0.39, 0.29) is 5.91 Å². The summed E-state index contributed by atoms with van der Waals surface area (Å²) in [6.45, 7) is 0.458. The number of benzene rings is 2. The van der Waals surface area contributed by atoms with Gasteiger partial charge in [0.25, 0.3) is 0 Å². The summed E-state index contributed by atoms with van der Waals surface area (Å²) in [4.78, 5) is 11.8. The van der Waals surface area contributed by atoms with Gasteiger partial charge >= 0.3 is 0 Å². The Morgan fingerprint density at radius 2 is 2.00 bits per heavy atom. The Balaban J connectivity index is 1.71. The second-order valence-corrected chi connectivity index (χ2v) is 5.46. The molecule has 3 N–H and O–H groups in total. The molecule has 0 fully saturated rings. The van der Waals surface area contributed by atoms with Crippen LogP contribution in [0.3, 0.4) is 0 Å². The standard InChI is InChI=1S/C16H17BrN2O2/c17-12-5-3-6-13(11-12)19-16(20)9-4-10-21-15-8-2-1-7-14(15)18/h1-3,5-8,11H,4,9-10,18H2,(H,19,20). The molecule has 4 nitrogen and oxygen atoms in total. The first-order valence-electron chi connectivity index (χ1n) is 6.68. The summed E-state index contributed by atoms with van der Waals surface area (Å²) >= 11 is 3.37. The minimum absolute atomic E-state index is 0.0299. The molecule has 2 aromatic carbocycles. The number of carbonyl (C=O) groups is 1. The van der Waals surface area contributed by atoms with Gasteiger partial charge in [0.15, 0.2) is 0 Å². The number of anilines is 2. The molecular formula is C16H17BrN2O2. The highest BCUT2D eigenvalue weighted by Crippen LogP contribution is 2.20. The number of nitrogen functional groups attached to an aromatic ring is 1. The molecule has 0 aromatic heterocycles.